The van der Waals surface area contributed by atoms with Gasteiger partial charge >= 0.3 is 5.97 Å². The smallest absolute Gasteiger partial charge is 0.354 e. The van der Waals surface area contributed by atoms with Crippen LogP contribution in [0.2, 0.25) is 0 Å². The Hall–Kier alpha value is -4.69. The van der Waals surface area contributed by atoms with Gasteiger partial charge in [-0.05, 0) is 73.0 Å². The molecule has 0 saturated carbocycles. The van der Waals surface area contributed by atoms with Crippen molar-refractivity contribution in [1.82, 2.24) is 9.97 Å². The van der Waals surface area contributed by atoms with E-state index in [0.29, 0.717) is 17.1 Å². The maximum atomic E-state index is 11.6. The Morgan fingerprint density at radius 2 is 1.71 bits per heavy atom. The van der Waals surface area contributed by atoms with Gasteiger partial charge in [0.15, 0.2) is 5.69 Å². The molecule has 0 aliphatic carbocycles. The Morgan fingerprint density at radius 3 is 2.29 bits per heavy atom. The molecule has 0 fully saturated rings. The van der Waals surface area contributed by atoms with Crippen molar-refractivity contribution >= 4 is 35.2 Å². The molecule has 0 spiro atoms. The molecule has 31 heavy (non-hydrogen) atoms. The molecule has 8 nitrogen and oxygen atoms in total. The lowest BCUT2D eigenvalue weighted by Crippen LogP contribution is -2.08. The molecule has 0 radical (unpaired) electrons. The van der Waals surface area contributed by atoms with Gasteiger partial charge < -0.3 is 15.7 Å². The number of hydrogen-bond donors (Lipinski definition) is 3. The van der Waals surface area contributed by atoms with Crippen LogP contribution in [-0.4, -0.2) is 21.0 Å². The monoisotopic (exact) mass is 410 g/mol. The first-order chi connectivity index (χ1) is 14.9. The number of carbonyl (C=O) groups is 1. The molecular weight excluding hydrogens is 392 g/mol. The number of allylic oxidation sites excluding steroid dienone is 1. The van der Waals surface area contributed by atoms with E-state index in [-0.39, 0.29) is 11.6 Å². The highest BCUT2D eigenvalue weighted by molar-refractivity contribution is 5.87. The van der Waals surface area contributed by atoms with Crippen molar-refractivity contribution in [2.75, 3.05) is 10.6 Å². The van der Waals surface area contributed by atoms with E-state index in [2.05, 4.69) is 20.6 Å². The van der Waals surface area contributed by atoms with Crippen LogP contribution in [0, 0.1) is 36.5 Å². The highest BCUT2D eigenvalue weighted by atomic mass is 16.4. The molecule has 0 amide bonds. The molecule has 8 heteroatoms. The number of rotatable bonds is 6. The predicted octanol–water partition coefficient (Wildman–Crippen LogP) is 4.69. The summed E-state index contributed by atoms with van der Waals surface area (Å²) >= 11 is 0. The Morgan fingerprint density at radius 1 is 1.03 bits per heavy atom. The molecule has 0 aliphatic rings. The van der Waals surface area contributed by atoms with E-state index < -0.39 is 5.97 Å². The summed E-state index contributed by atoms with van der Waals surface area (Å²) in [7, 11) is 0. The molecule has 0 saturated heterocycles. The summed E-state index contributed by atoms with van der Waals surface area (Å²) < 4.78 is 0. The van der Waals surface area contributed by atoms with Crippen molar-refractivity contribution in [3.8, 4) is 12.1 Å². The molecule has 3 N–H and O–H groups in total. The largest absolute Gasteiger partial charge is 0.477 e. The van der Waals surface area contributed by atoms with Gasteiger partial charge in [-0.3, -0.25) is 0 Å². The molecular formula is C23H18N6O2. The van der Waals surface area contributed by atoms with Gasteiger partial charge in [0.2, 0.25) is 5.95 Å². The van der Waals surface area contributed by atoms with Crippen molar-refractivity contribution < 1.29 is 9.90 Å². The summed E-state index contributed by atoms with van der Waals surface area (Å²) in [6.45, 7) is 3.82. The van der Waals surface area contributed by atoms with Crippen LogP contribution in [-0.2, 0) is 0 Å². The molecule has 0 unspecified atom stereocenters. The third kappa shape index (κ3) is 5.22. The van der Waals surface area contributed by atoms with Crippen LogP contribution in [0.5, 0.6) is 0 Å². The lowest BCUT2D eigenvalue weighted by Gasteiger charge is -2.15. The number of aryl methyl sites for hydroxylation is 2. The zero-order chi connectivity index (χ0) is 22.4. The number of aromatic carboxylic acids is 1. The molecule has 1 heterocycles. The number of anilines is 4. The molecule has 3 aromatic rings. The standard InChI is InChI=1S/C23H18N6O2/c1-14-10-17(4-3-9-24)11-15(2)21(14)28-20-12-19(22(30)31)27-23(29-20)26-18-7-5-16(13-25)6-8-18/h3-8,10-12H,1-2H3,(H,30,31)(H2,26,27,28,29)/b4-3+. The van der Waals surface area contributed by atoms with Gasteiger partial charge in [0.1, 0.15) is 5.82 Å². The minimum atomic E-state index is -1.18. The van der Waals surface area contributed by atoms with Crippen molar-refractivity contribution in [1.29, 1.82) is 10.5 Å². The summed E-state index contributed by atoms with van der Waals surface area (Å²) in [5, 5.41) is 33.2. The zero-order valence-electron chi connectivity index (χ0n) is 16.8. The molecule has 0 atom stereocenters. The minimum Gasteiger partial charge on any atom is -0.477 e. The van der Waals surface area contributed by atoms with E-state index in [0.717, 1.165) is 22.4 Å². The molecule has 3 rings (SSSR count). The van der Waals surface area contributed by atoms with E-state index in [4.69, 9.17) is 10.5 Å². The molecule has 0 bridgehead atoms. The Balaban J connectivity index is 1.94. The van der Waals surface area contributed by atoms with Crippen LogP contribution in [0.4, 0.5) is 23.1 Å². The number of carboxylic acids is 1. The van der Waals surface area contributed by atoms with Crippen molar-refractivity contribution in [3.63, 3.8) is 0 Å². The topological polar surface area (TPSA) is 135 Å². The van der Waals surface area contributed by atoms with E-state index in [1.165, 1.54) is 12.1 Å². The summed E-state index contributed by atoms with van der Waals surface area (Å²) in [5.74, 6) is -0.759. The lowest BCUT2D eigenvalue weighted by molar-refractivity contribution is 0.0690. The number of benzene rings is 2. The number of aromatic nitrogens is 2. The molecule has 2 aromatic carbocycles. The summed E-state index contributed by atoms with van der Waals surface area (Å²) in [6, 6.07) is 15.8. The second kappa shape index (κ2) is 9.21. The van der Waals surface area contributed by atoms with Crippen LogP contribution < -0.4 is 10.6 Å². The maximum Gasteiger partial charge on any atom is 0.354 e. The highest BCUT2D eigenvalue weighted by Crippen LogP contribution is 2.27. The Labute approximate surface area is 179 Å². The van der Waals surface area contributed by atoms with Gasteiger partial charge in [-0.15, -0.1) is 0 Å². The second-order valence-electron chi connectivity index (χ2n) is 6.70. The van der Waals surface area contributed by atoms with Crippen molar-refractivity contribution in [2.45, 2.75) is 13.8 Å². The van der Waals surface area contributed by atoms with Gasteiger partial charge in [0.05, 0.1) is 17.7 Å². The Kier molecular flexibility index (Phi) is 6.24. The SMILES string of the molecule is Cc1cc(/C=C/C#N)cc(C)c1Nc1cc(C(=O)O)nc(Nc2ccc(C#N)cc2)n1. The van der Waals surface area contributed by atoms with Crippen LogP contribution >= 0.6 is 0 Å². The average molecular weight is 410 g/mol. The fourth-order valence-corrected chi connectivity index (χ4v) is 2.99. The maximum absolute atomic E-state index is 11.6. The van der Waals surface area contributed by atoms with Gasteiger partial charge in [-0.2, -0.15) is 15.5 Å². The zero-order valence-corrected chi connectivity index (χ0v) is 16.8. The Bertz CT molecular complexity index is 1230. The first kappa shape index (κ1) is 21.0. The fourth-order valence-electron chi connectivity index (χ4n) is 2.99. The van der Waals surface area contributed by atoms with Crippen LogP contribution in [0.25, 0.3) is 6.08 Å². The number of nitriles is 2. The van der Waals surface area contributed by atoms with Gasteiger partial charge in [0.25, 0.3) is 0 Å². The molecule has 0 aliphatic heterocycles. The first-order valence-electron chi connectivity index (χ1n) is 9.23. The second-order valence-corrected chi connectivity index (χ2v) is 6.70. The van der Waals surface area contributed by atoms with E-state index in [9.17, 15) is 9.90 Å². The van der Waals surface area contributed by atoms with Gasteiger partial charge in [-0.25, -0.2) is 9.78 Å². The van der Waals surface area contributed by atoms with Gasteiger partial charge in [0, 0.05) is 23.5 Å². The summed E-state index contributed by atoms with van der Waals surface area (Å²) in [6.07, 6.45) is 3.13. The number of nitrogens with zero attached hydrogens (tertiary/aromatic N) is 4. The van der Waals surface area contributed by atoms with Crippen LogP contribution in [0.1, 0.15) is 32.7 Å². The first-order valence-corrected chi connectivity index (χ1v) is 9.23. The number of carboxylic acid groups (broad SMARTS) is 1. The molecule has 1 aromatic heterocycles. The lowest BCUT2D eigenvalue weighted by atomic mass is 10.0. The van der Waals surface area contributed by atoms with Crippen LogP contribution in [0.3, 0.4) is 0 Å². The number of hydrogen-bond acceptors (Lipinski definition) is 7. The highest BCUT2D eigenvalue weighted by Gasteiger charge is 2.13. The predicted molar refractivity (Wildman–Crippen MR) is 117 cm³/mol. The third-order valence-electron chi connectivity index (χ3n) is 4.37. The van der Waals surface area contributed by atoms with E-state index in [1.807, 2.05) is 38.1 Å². The molecule has 152 valence electrons. The minimum absolute atomic E-state index is 0.107. The van der Waals surface area contributed by atoms with E-state index >= 15 is 0 Å². The summed E-state index contributed by atoms with van der Waals surface area (Å²) in [4.78, 5) is 20.0. The van der Waals surface area contributed by atoms with Crippen molar-refractivity contribution in [3.05, 3.63) is 76.5 Å². The average Bonchev–Trinajstić information content (AvgIpc) is 2.75. The normalized spacial score (nSPS) is 10.3. The van der Waals surface area contributed by atoms with E-state index in [1.54, 1.807) is 30.3 Å². The quantitative estimate of drug-likeness (QED) is 0.498. The van der Waals surface area contributed by atoms with Crippen molar-refractivity contribution in [2.24, 2.45) is 0 Å². The third-order valence-corrected chi connectivity index (χ3v) is 4.37. The van der Waals surface area contributed by atoms with Gasteiger partial charge in [-0.1, -0.05) is 0 Å². The van der Waals surface area contributed by atoms with Crippen LogP contribution in [0.15, 0.2) is 48.5 Å². The fraction of sp³-hybridized carbons (Fsp3) is 0.0870. The number of nitrogens with one attached hydrogen (secondary N) is 2. The summed E-state index contributed by atoms with van der Waals surface area (Å²) in [5.41, 5.74) is 4.45.